The summed E-state index contributed by atoms with van der Waals surface area (Å²) in [4.78, 5) is 14.7. The lowest BCUT2D eigenvalue weighted by molar-refractivity contribution is 0.185. The highest BCUT2D eigenvalue weighted by Crippen LogP contribution is 2.15. The van der Waals surface area contributed by atoms with Crippen LogP contribution in [0.3, 0.4) is 0 Å². The molecule has 0 aliphatic carbocycles. The molecule has 0 radical (unpaired) electrons. The van der Waals surface area contributed by atoms with Crippen LogP contribution in [0.5, 0.6) is 0 Å². The van der Waals surface area contributed by atoms with Gasteiger partial charge in [0.05, 0.1) is 29.7 Å². The molecule has 0 unspecified atom stereocenters. The molecule has 0 bridgehead atoms. The molecule has 0 saturated carbocycles. The number of hydrogen-bond donors (Lipinski definition) is 1. The Labute approximate surface area is 142 Å². The second-order valence-corrected chi connectivity index (χ2v) is 6.21. The lowest BCUT2D eigenvalue weighted by atomic mass is 10.2. The Bertz CT molecular complexity index is 792. The summed E-state index contributed by atoms with van der Waals surface area (Å²) in [5, 5.41) is 0. The smallest absolute Gasteiger partial charge is 0.108 e. The zero-order valence-corrected chi connectivity index (χ0v) is 14.6. The van der Waals surface area contributed by atoms with Crippen molar-refractivity contribution in [1.82, 2.24) is 24.4 Å². The van der Waals surface area contributed by atoms with E-state index in [0.717, 1.165) is 42.9 Å². The van der Waals surface area contributed by atoms with Crippen LogP contribution in [-0.4, -0.2) is 51.7 Å². The summed E-state index contributed by atoms with van der Waals surface area (Å²) in [6.07, 6.45) is 4.69. The SMILES string of the molecule is COCCn1cncc1CN(C)CCc1nc2c(C)cccc2[nH]1. The summed E-state index contributed by atoms with van der Waals surface area (Å²) in [5.41, 5.74) is 4.61. The number of rotatable bonds is 8. The molecule has 2 aromatic heterocycles. The van der Waals surface area contributed by atoms with Crippen LogP contribution in [0.1, 0.15) is 17.1 Å². The highest BCUT2D eigenvalue weighted by Gasteiger charge is 2.09. The third-order valence-electron chi connectivity index (χ3n) is 4.26. The summed E-state index contributed by atoms with van der Waals surface area (Å²) >= 11 is 0. The van der Waals surface area contributed by atoms with Crippen molar-refractivity contribution in [3.05, 3.63) is 47.8 Å². The number of nitrogens with zero attached hydrogens (tertiary/aromatic N) is 4. The van der Waals surface area contributed by atoms with E-state index >= 15 is 0 Å². The van der Waals surface area contributed by atoms with Gasteiger partial charge in [-0.1, -0.05) is 12.1 Å². The van der Waals surface area contributed by atoms with Crippen LogP contribution in [0.4, 0.5) is 0 Å². The van der Waals surface area contributed by atoms with Crippen molar-refractivity contribution in [3.63, 3.8) is 0 Å². The van der Waals surface area contributed by atoms with Gasteiger partial charge < -0.3 is 19.2 Å². The van der Waals surface area contributed by atoms with Crippen molar-refractivity contribution >= 4 is 11.0 Å². The zero-order chi connectivity index (χ0) is 16.9. The minimum atomic E-state index is 0.700. The number of likely N-dealkylation sites (N-methyl/N-ethyl adjacent to an activating group) is 1. The Kier molecular flexibility index (Phi) is 5.27. The fraction of sp³-hybridized carbons (Fsp3) is 0.444. The van der Waals surface area contributed by atoms with Crippen molar-refractivity contribution in [2.75, 3.05) is 27.3 Å². The predicted molar refractivity (Wildman–Crippen MR) is 95.0 cm³/mol. The van der Waals surface area contributed by atoms with Crippen molar-refractivity contribution in [1.29, 1.82) is 0 Å². The highest BCUT2D eigenvalue weighted by atomic mass is 16.5. The van der Waals surface area contributed by atoms with Crippen molar-refractivity contribution in [2.45, 2.75) is 26.4 Å². The van der Waals surface area contributed by atoms with Gasteiger partial charge in [-0.05, 0) is 25.6 Å². The van der Waals surface area contributed by atoms with E-state index in [9.17, 15) is 0 Å². The average molecular weight is 327 g/mol. The van der Waals surface area contributed by atoms with Crippen molar-refractivity contribution in [2.24, 2.45) is 0 Å². The van der Waals surface area contributed by atoms with Crippen LogP contribution in [-0.2, 0) is 24.2 Å². The van der Waals surface area contributed by atoms with Crippen molar-refractivity contribution in [3.8, 4) is 0 Å². The van der Waals surface area contributed by atoms with Crippen molar-refractivity contribution < 1.29 is 4.74 Å². The van der Waals surface area contributed by atoms with E-state index in [-0.39, 0.29) is 0 Å². The molecule has 0 spiro atoms. The third kappa shape index (κ3) is 3.83. The van der Waals surface area contributed by atoms with Crippen LogP contribution < -0.4 is 0 Å². The molecule has 0 amide bonds. The van der Waals surface area contributed by atoms with Crippen LogP contribution in [0.15, 0.2) is 30.7 Å². The first-order chi connectivity index (χ1) is 11.7. The van der Waals surface area contributed by atoms with Gasteiger partial charge in [0.1, 0.15) is 5.82 Å². The van der Waals surface area contributed by atoms with E-state index in [1.165, 1.54) is 11.3 Å². The summed E-state index contributed by atoms with van der Waals surface area (Å²) < 4.78 is 7.29. The maximum atomic E-state index is 5.14. The number of hydrogen-bond acceptors (Lipinski definition) is 4. The third-order valence-corrected chi connectivity index (χ3v) is 4.26. The van der Waals surface area contributed by atoms with Gasteiger partial charge >= 0.3 is 0 Å². The molecule has 6 nitrogen and oxygen atoms in total. The first kappa shape index (κ1) is 16.7. The molecule has 2 heterocycles. The Morgan fingerprint density at radius 1 is 1.33 bits per heavy atom. The summed E-state index contributed by atoms with van der Waals surface area (Å²) in [6, 6.07) is 6.24. The molecule has 0 saturated heterocycles. The van der Waals surface area contributed by atoms with Gasteiger partial charge in [-0.25, -0.2) is 9.97 Å². The van der Waals surface area contributed by atoms with E-state index < -0.39 is 0 Å². The lowest BCUT2D eigenvalue weighted by Gasteiger charge is -2.17. The van der Waals surface area contributed by atoms with Gasteiger partial charge in [0.2, 0.25) is 0 Å². The molecule has 3 aromatic rings. The minimum Gasteiger partial charge on any atom is -0.383 e. The summed E-state index contributed by atoms with van der Waals surface area (Å²) in [7, 11) is 3.85. The first-order valence-corrected chi connectivity index (χ1v) is 8.28. The average Bonchev–Trinajstić information content (AvgIpc) is 3.18. The number of ether oxygens (including phenoxy) is 1. The molecule has 0 aliphatic rings. The van der Waals surface area contributed by atoms with Crippen LogP contribution >= 0.6 is 0 Å². The normalized spacial score (nSPS) is 11.7. The molecular weight excluding hydrogens is 302 g/mol. The Morgan fingerprint density at radius 3 is 3.00 bits per heavy atom. The number of aryl methyl sites for hydroxylation is 1. The maximum Gasteiger partial charge on any atom is 0.108 e. The molecule has 0 fully saturated rings. The minimum absolute atomic E-state index is 0.700. The molecule has 128 valence electrons. The summed E-state index contributed by atoms with van der Waals surface area (Å²) in [6.45, 7) is 5.44. The number of imidazole rings is 2. The molecule has 1 N–H and O–H groups in total. The molecule has 1 aromatic carbocycles. The number of fused-ring (bicyclic) bond motifs is 1. The number of aromatic amines is 1. The number of benzene rings is 1. The van der Waals surface area contributed by atoms with Gasteiger partial charge in [-0.15, -0.1) is 0 Å². The Hall–Kier alpha value is -2.18. The standard InChI is InChI=1S/C18H25N5O/c1-14-5-4-6-16-18(14)21-17(20-16)7-8-22(2)12-15-11-19-13-23(15)9-10-24-3/h4-6,11,13H,7-10,12H2,1-3H3,(H,20,21). The first-order valence-electron chi connectivity index (χ1n) is 8.28. The zero-order valence-electron chi connectivity index (χ0n) is 14.6. The number of H-pyrrole nitrogens is 1. The predicted octanol–water partition coefficient (Wildman–Crippen LogP) is 2.39. The van der Waals surface area contributed by atoms with Gasteiger partial charge in [0.15, 0.2) is 0 Å². The number of nitrogens with one attached hydrogen (secondary N) is 1. The Balaban J connectivity index is 1.58. The van der Waals surface area contributed by atoms with Gasteiger partial charge in [0.25, 0.3) is 0 Å². The monoisotopic (exact) mass is 327 g/mol. The second-order valence-electron chi connectivity index (χ2n) is 6.21. The van der Waals surface area contributed by atoms with Crippen LogP contribution in [0.25, 0.3) is 11.0 Å². The quantitative estimate of drug-likeness (QED) is 0.690. The van der Waals surface area contributed by atoms with Crippen LogP contribution in [0.2, 0.25) is 0 Å². The molecule has 0 aliphatic heterocycles. The van der Waals surface area contributed by atoms with E-state index in [1.54, 1.807) is 7.11 Å². The lowest BCUT2D eigenvalue weighted by Crippen LogP contribution is -2.23. The van der Waals surface area contributed by atoms with Gasteiger partial charge in [-0.2, -0.15) is 0 Å². The topological polar surface area (TPSA) is 59.0 Å². The number of aromatic nitrogens is 4. The largest absolute Gasteiger partial charge is 0.383 e. The molecule has 0 atom stereocenters. The Morgan fingerprint density at radius 2 is 2.21 bits per heavy atom. The van der Waals surface area contributed by atoms with E-state index in [2.05, 4.69) is 51.6 Å². The fourth-order valence-corrected chi connectivity index (χ4v) is 2.87. The van der Waals surface area contributed by atoms with E-state index in [4.69, 9.17) is 9.72 Å². The van der Waals surface area contributed by atoms with Crippen LogP contribution in [0, 0.1) is 6.92 Å². The van der Waals surface area contributed by atoms with E-state index in [1.807, 2.05) is 12.5 Å². The highest BCUT2D eigenvalue weighted by molar-refractivity contribution is 5.78. The van der Waals surface area contributed by atoms with E-state index in [0.29, 0.717) is 6.61 Å². The number of methoxy groups -OCH3 is 1. The molecule has 3 rings (SSSR count). The molecule has 6 heteroatoms. The second kappa shape index (κ2) is 7.59. The molecule has 24 heavy (non-hydrogen) atoms. The maximum absolute atomic E-state index is 5.14. The van der Waals surface area contributed by atoms with Gasteiger partial charge in [0, 0.05) is 39.4 Å². The molecular formula is C18H25N5O. The summed E-state index contributed by atoms with van der Waals surface area (Å²) in [5.74, 6) is 1.04. The number of para-hydroxylation sites is 1. The fourth-order valence-electron chi connectivity index (χ4n) is 2.87. The van der Waals surface area contributed by atoms with Gasteiger partial charge in [-0.3, -0.25) is 0 Å².